The molecule has 0 atom stereocenters. The van der Waals surface area contributed by atoms with Gasteiger partial charge in [0.25, 0.3) is 5.91 Å². The number of aryl methyl sites for hydroxylation is 1. The topological polar surface area (TPSA) is 99.5 Å². The minimum Gasteiger partial charge on any atom is -0.508 e. The van der Waals surface area contributed by atoms with Crippen LogP contribution in [0.5, 0.6) is 5.75 Å². The van der Waals surface area contributed by atoms with Crippen molar-refractivity contribution in [3.05, 3.63) is 53.2 Å². The largest absolute Gasteiger partial charge is 0.508 e. The summed E-state index contributed by atoms with van der Waals surface area (Å²) in [5.74, 6) is -1.42. The fourth-order valence-corrected chi connectivity index (χ4v) is 1.57. The number of carboxylic acids is 1. The van der Waals surface area contributed by atoms with E-state index in [9.17, 15) is 14.7 Å². The molecule has 6 heteroatoms. The number of rotatable bonds is 3. The molecule has 0 aliphatic rings. The van der Waals surface area contributed by atoms with Crippen LogP contribution in [0.3, 0.4) is 0 Å². The predicted octanol–water partition coefficient (Wildman–Crippen LogP) is 2.05. The molecule has 0 aliphatic heterocycles. The number of hydrogen-bond acceptors (Lipinski definition) is 4. The number of aromatic carboxylic acids is 1. The maximum atomic E-state index is 11.9. The van der Waals surface area contributed by atoms with Crippen molar-refractivity contribution in [2.75, 3.05) is 5.32 Å². The van der Waals surface area contributed by atoms with Crippen molar-refractivity contribution in [1.29, 1.82) is 0 Å². The van der Waals surface area contributed by atoms with E-state index in [0.29, 0.717) is 5.56 Å². The van der Waals surface area contributed by atoms with Crippen LogP contribution in [0.4, 0.5) is 5.82 Å². The van der Waals surface area contributed by atoms with Crippen molar-refractivity contribution in [2.45, 2.75) is 6.92 Å². The number of carboxylic acid groups (broad SMARTS) is 1. The summed E-state index contributed by atoms with van der Waals surface area (Å²) in [6.07, 6.45) is 1.30. The molecule has 0 spiro atoms. The molecule has 20 heavy (non-hydrogen) atoms. The van der Waals surface area contributed by atoms with Crippen molar-refractivity contribution in [3.63, 3.8) is 0 Å². The average Bonchev–Trinajstić information content (AvgIpc) is 2.42. The number of anilines is 1. The summed E-state index contributed by atoms with van der Waals surface area (Å²) in [6, 6.07) is 7.10. The number of phenolic OH excluding ortho intramolecular Hbond substituents is 1. The standard InChI is InChI=1S/C14H12N2O4/c1-8-2-3-9(6-11(8)17)13(18)16-12-7-10(14(19)20)4-5-15-12/h2-7,17H,1H3,(H,19,20)(H,15,16,18). The van der Waals surface area contributed by atoms with Crippen LogP contribution in [-0.2, 0) is 0 Å². The lowest BCUT2D eigenvalue weighted by Crippen LogP contribution is -2.13. The van der Waals surface area contributed by atoms with E-state index in [4.69, 9.17) is 5.11 Å². The Morgan fingerprint density at radius 1 is 1.15 bits per heavy atom. The van der Waals surface area contributed by atoms with Crippen LogP contribution in [0.2, 0.25) is 0 Å². The third kappa shape index (κ3) is 2.92. The number of phenols is 1. The number of pyridine rings is 1. The van der Waals surface area contributed by atoms with Gasteiger partial charge in [-0.2, -0.15) is 0 Å². The van der Waals surface area contributed by atoms with Crippen molar-refractivity contribution in [1.82, 2.24) is 4.98 Å². The number of carbonyl (C=O) groups excluding carboxylic acids is 1. The molecule has 0 aliphatic carbocycles. The molecule has 0 bridgehead atoms. The first-order chi connectivity index (χ1) is 9.47. The molecule has 0 radical (unpaired) electrons. The molecule has 1 aromatic heterocycles. The SMILES string of the molecule is Cc1ccc(C(=O)Nc2cc(C(=O)O)ccn2)cc1O. The highest BCUT2D eigenvalue weighted by atomic mass is 16.4. The van der Waals surface area contributed by atoms with E-state index >= 15 is 0 Å². The smallest absolute Gasteiger partial charge is 0.335 e. The Balaban J connectivity index is 2.21. The van der Waals surface area contributed by atoms with Gasteiger partial charge in [0.05, 0.1) is 5.56 Å². The third-order valence-electron chi connectivity index (χ3n) is 2.72. The van der Waals surface area contributed by atoms with Gasteiger partial charge >= 0.3 is 5.97 Å². The van der Waals surface area contributed by atoms with Crippen LogP contribution in [0.15, 0.2) is 36.5 Å². The van der Waals surface area contributed by atoms with Gasteiger partial charge in [0.1, 0.15) is 11.6 Å². The molecule has 6 nitrogen and oxygen atoms in total. The van der Waals surface area contributed by atoms with E-state index in [0.717, 1.165) is 0 Å². The van der Waals surface area contributed by atoms with Crippen molar-refractivity contribution >= 4 is 17.7 Å². The van der Waals surface area contributed by atoms with E-state index in [-0.39, 0.29) is 22.7 Å². The zero-order valence-electron chi connectivity index (χ0n) is 10.6. The highest BCUT2D eigenvalue weighted by Gasteiger charge is 2.10. The lowest BCUT2D eigenvalue weighted by Gasteiger charge is -2.06. The van der Waals surface area contributed by atoms with Crippen LogP contribution in [-0.4, -0.2) is 27.1 Å². The number of nitrogens with one attached hydrogen (secondary N) is 1. The number of amides is 1. The van der Waals surface area contributed by atoms with Crippen LogP contribution in [0.25, 0.3) is 0 Å². The van der Waals surface area contributed by atoms with Gasteiger partial charge in [-0.25, -0.2) is 9.78 Å². The van der Waals surface area contributed by atoms with Gasteiger partial charge in [-0.15, -0.1) is 0 Å². The monoisotopic (exact) mass is 272 g/mol. The quantitative estimate of drug-likeness (QED) is 0.794. The number of carbonyl (C=O) groups is 2. The predicted molar refractivity (Wildman–Crippen MR) is 72.0 cm³/mol. The Morgan fingerprint density at radius 3 is 2.55 bits per heavy atom. The van der Waals surface area contributed by atoms with E-state index in [1.165, 1.54) is 24.4 Å². The first-order valence-electron chi connectivity index (χ1n) is 5.77. The second-order valence-electron chi connectivity index (χ2n) is 4.19. The van der Waals surface area contributed by atoms with Gasteiger partial charge < -0.3 is 15.5 Å². The van der Waals surface area contributed by atoms with E-state index in [1.807, 2.05) is 0 Å². The molecule has 3 N–H and O–H groups in total. The average molecular weight is 272 g/mol. The van der Waals surface area contributed by atoms with Crippen molar-refractivity contribution < 1.29 is 19.8 Å². The summed E-state index contributed by atoms with van der Waals surface area (Å²) in [4.78, 5) is 26.6. The van der Waals surface area contributed by atoms with Crippen molar-refractivity contribution in [2.24, 2.45) is 0 Å². The lowest BCUT2D eigenvalue weighted by molar-refractivity contribution is 0.0696. The second-order valence-corrected chi connectivity index (χ2v) is 4.19. The second kappa shape index (κ2) is 5.40. The molecule has 0 saturated carbocycles. The Hall–Kier alpha value is -2.89. The molecule has 2 rings (SSSR count). The summed E-state index contributed by atoms with van der Waals surface area (Å²) in [5.41, 5.74) is 0.949. The summed E-state index contributed by atoms with van der Waals surface area (Å²) in [5, 5.41) is 20.9. The van der Waals surface area contributed by atoms with Gasteiger partial charge in [0.15, 0.2) is 0 Å². The Bertz CT molecular complexity index is 683. The summed E-state index contributed by atoms with van der Waals surface area (Å²) < 4.78 is 0. The van der Waals surface area contributed by atoms with E-state index in [2.05, 4.69) is 10.3 Å². The fourth-order valence-electron chi connectivity index (χ4n) is 1.57. The van der Waals surface area contributed by atoms with Gasteiger partial charge in [-0.3, -0.25) is 4.79 Å². The summed E-state index contributed by atoms with van der Waals surface area (Å²) in [7, 11) is 0. The zero-order valence-corrected chi connectivity index (χ0v) is 10.6. The molecule has 1 aromatic carbocycles. The van der Waals surface area contributed by atoms with Crippen LogP contribution in [0.1, 0.15) is 26.3 Å². The molecule has 102 valence electrons. The first kappa shape index (κ1) is 13.5. The summed E-state index contributed by atoms with van der Waals surface area (Å²) in [6.45, 7) is 1.72. The number of benzene rings is 1. The van der Waals surface area contributed by atoms with Crippen LogP contribution < -0.4 is 5.32 Å². The lowest BCUT2D eigenvalue weighted by atomic mass is 10.1. The van der Waals surface area contributed by atoms with Gasteiger partial charge in [-0.1, -0.05) is 6.07 Å². The highest BCUT2D eigenvalue weighted by molar-refractivity contribution is 6.04. The van der Waals surface area contributed by atoms with Gasteiger partial charge in [0.2, 0.25) is 0 Å². The normalized spacial score (nSPS) is 10.1. The number of hydrogen-bond donors (Lipinski definition) is 3. The van der Waals surface area contributed by atoms with Gasteiger partial charge in [0, 0.05) is 11.8 Å². The Labute approximate surface area is 114 Å². The molecular weight excluding hydrogens is 260 g/mol. The van der Waals surface area contributed by atoms with Gasteiger partial charge in [-0.05, 0) is 36.8 Å². The number of nitrogens with zero attached hydrogens (tertiary/aromatic N) is 1. The number of aromatic hydroxyl groups is 1. The summed E-state index contributed by atoms with van der Waals surface area (Å²) >= 11 is 0. The Kier molecular flexibility index (Phi) is 3.65. The van der Waals surface area contributed by atoms with Crippen LogP contribution in [0, 0.1) is 6.92 Å². The molecular formula is C14H12N2O4. The molecule has 1 amide bonds. The molecule has 0 unspecified atom stereocenters. The minimum absolute atomic E-state index is 0.0184. The third-order valence-corrected chi connectivity index (χ3v) is 2.72. The zero-order chi connectivity index (χ0) is 14.7. The van der Waals surface area contributed by atoms with E-state index < -0.39 is 11.9 Å². The maximum absolute atomic E-state index is 11.9. The Morgan fingerprint density at radius 2 is 1.90 bits per heavy atom. The minimum atomic E-state index is -1.10. The molecule has 2 aromatic rings. The van der Waals surface area contributed by atoms with Crippen molar-refractivity contribution in [3.8, 4) is 5.75 Å². The number of aromatic nitrogens is 1. The van der Waals surface area contributed by atoms with E-state index in [1.54, 1.807) is 19.1 Å². The molecule has 0 saturated heterocycles. The maximum Gasteiger partial charge on any atom is 0.335 e. The molecule has 1 heterocycles. The van der Waals surface area contributed by atoms with Crippen LogP contribution >= 0.6 is 0 Å². The first-order valence-corrected chi connectivity index (χ1v) is 5.77. The fraction of sp³-hybridized carbons (Fsp3) is 0.0714. The molecule has 0 fully saturated rings. The highest BCUT2D eigenvalue weighted by Crippen LogP contribution is 2.18.